The van der Waals surface area contributed by atoms with Crippen LogP contribution in [0.25, 0.3) is 0 Å². The molecule has 0 radical (unpaired) electrons. The van der Waals surface area contributed by atoms with Gasteiger partial charge >= 0.3 is 0 Å². The molecular weight excluding hydrogens is 468 g/mol. The summed E-state index contributed by atoms with van der Waals surface area (Å²) in [5.74, 6) is -4.02. The summed E-state index contributed by atoms with van der Waals surface area (Å²) >= 11 is 0. The van der Waals surface area contributed by atoms with E-state index in [1.165, 1.54) is 0 Å². The van der Waals surface area contributed by atoms with Crippen LogP contribution < -0.4 is 0 Å². The first kappa shape index (κ1) is 29.4. The second-order valence-corrected chi connectivity index (χ2v) is 13.0. The maximum Gasteiger partial charge on any atom is 0.200 e. The Bertz CT molecular complexity index is 1100. The average molecular weight is 513 g/mol. The molecule has 1 saturated carbocycles. The van der Waals surface area contributed by atoms with Crippen molar-refractivity contribution in [2.24, 2.45) is 28.1 Å². The minimum absolute atomic E-state index is 0.00646. The van der Waals surface area contributed by atoms with Crippen LogP contribution >= 0.6 is 0 Å². The first-order valence-electron chi connectivity index (χ1n) is 13.4. The zero-order valence-corrected chi connectivity index (χ0v) is 24.0. The average Bonchev–Trinajstić information content (AvgIpc) is 3.12. The molecule has 2 heterocycles. The molecule has 1 N–H and O–H groups in total. The summed E-state index contributed by atoms with van der Waals surface area (Å²) in [5.41, 5.74) is -3.87. The van der Waals surface area contributed by atoms with Crippen molar-refractivity contribution >= 4 is 23.6 Å². The first-order chi connectivity index (χ1) is 17.0. The molecule has 0 aromatic carbocycles. The number of hydrogen-bond donors (Lipinski definition) is 1. The van der Waals surface area contributed by atoms with Crippen LogP contribution in [0.15, 0.2) is 34.9 Å². The molecule has 0 unspecified atom stereocenters. The third kappa shape index (κ3) is 3.81. The molecule has 1 aliphatic carbocycles. The molecule has 0 aromatic rings. The van der Waals surface area contributed by atoms with Crippen LogP contribution in [0.2, 0.25) is 0 Å². The van der Waals surface area contributed by atoms with Gasteiger partial charge in [-0.05, 0) is 76.7 Å². The van der Waals surface area contributed by atoms with Gasteiger partial charge in [0.15, 0.2) is 28.4 Å². The summed E-state index contributed by atoms with van der Waals surface area (Å²) in [5, 5.41) is 12.7. The van der Waals surface area contributed by atoms with Gasteiger partial charge in [0.1, 0.15) is 6.29 Å². The van der Waals surface area contributed by atoms with E-state index in [9.17, 15) is 24.3 Å². The molecular formula is C31H44O6. The van der Waals surface area contributed by atoms with E-state index in [1.54, 1.807) is 19.1 Å². The van der Waals surface area contributed by atoms with Gasteiger partial charge in [-0.1, -0.05) is 57.1 Å². The summed E-state index contributed by atoms with van der Waals surface area (Å²) in [7, 11) is 0. The van der Waals surface area contributed by atoms with E-state index < -0.39 is 39.2 Å². The fourth-order valence-electron chi connectivity index (χ4n) is 7.14. The van der Waals surface area contributed by atoms with Crippen LogP contribution in [0.3, 0.4) is 0 Å². The number of allylic oxidation sites excluding steroid dienone is 5. The van der Waals surface area contributed by atoms with Crippen molar-refractivity contribution in [2.75, 3.05) is 0 Å². The number of rotatable bonds is 10. The molecule has 0 amide bonds. The molecule has 2 bridgehead atoms. The molecule has 5 atom stereocenters. The van der Waals surface area contributed by atoms with E-state index in [2.05, 4.69) is 0 Å². The fraction of sp³-hybridized carbons (Fsp3) is 0.677. The second-order valence-electron chi connectivity index (χ2n) is 13.0. The van der Waals surface area contributed by atoms with Gasteiger partial charge in [0.2, 0.25) is 5.79 Å². The summed E-state index contributed by atoms with van der Waals surface area (Å²) in [6.07, 6.45) is 7.18. The highest BCUT2D eigenvalue weighted by molar-refractivity contribution is 6.28. The standard InChI is InChI=1S/C31H44O6/c1-19(2)12-14-28-17-23(11-10-22(7)18-32)27(8,9)30(24(33)16-21(5)6)26(35)29(25(28)34,15-13-20(3)4)37-31(28,30)36/h10,12-13,18,21,23,36H,11,14-17H2,1-9H3/t23-,28-,29-,30+,31+/m1/s1. The largest absolute Gasteiger partial charge is 0.363 e. The fourth-order valence-corrected chi connectivity index (χ4v) is 7.14. The van der Waals surface area contributed by atoms with E-state index in [-0.39, 0.29) is 43.3 Å². The van der Waals surface area contributed by atoms with Crippen LogP contribution in [0.1, 0.15) is 94.4 Å². The van der Waals surface area contributed by atoms with Crippen molar-refractivity contribution in [3.63, 3.8) is 0 Å². The maximum atomic E-state index is 14.7. The number of carbonyl (C=O) groups excluding carboxylic acids is 4. The molecule has 3 rings (SSSR count). The Kier molecular flexibility index (Phi) is 7.57. The molecule has 6 heteroatoms. The van der Waals surface area contributed by atoms with Crippen molar-refractivity contribution in [1.82, 2.24) is 0 Å². The normalized spacial score (nSPS) is 36.1. The molecule has 6 nitrogen and oxygen atoms in total. The van der Waals surface area contributed by atoms with Crippen molar-refractivity contribution in [3.05, 3.63) is 34.9 Å². The smallest absolute Gasteiger partial charge is 0.200 e. The van der Waals surface area contributed by atoms with E-state index in [0.717, 1.165) is 17.4 Å². The predicted molar refractivity (Wildman–Crippen MR) is 143 cm³/mol. The van der Waals surface area contributed by atoms with Crippen molar-refractivity contribution in [2.45, 2.75) is 106 Å². The summed E-state index contributed by atoms with van der Waals surface area (Å²) in [4.78, 5) is 54.8. The zero-order valence-electron chi connectivity index (χ0n) is 24.0. The molecule has 0 aromatic heterocycles. The van der Waals surface area contributed by atoms with Crippen LogP contribution in [-0.4, -0.2) is 40.1 Å². The lowest BCUT2D eigenvalue weighted by molar-refractivity contribution is -0.313. The van der Waals surface area contributed by atoms with Crippen LogP contribution in [0.5, 0.6) is 0 Å². The van der Waals surface area contributed by atoms with Crippen LogP contribution in [0.4, 0.5) is 0 Å². The van der Waals surface area contributed by atoms with Gasteiger partial charge in [-0.2, -0.15) is 0 Å². The Labute approximate surface area is 221 Å². The van der Waals surface area contributed by atoms with Gasteiger partial charge in [-0.15, -0.1) is 0 Å². The summed E-state index contributed by atoms with van der Waals surface area (Å²) < 4.78 is 6.35. The summed E-state index contributed by atoms with van der Waals surface area (Å²) in [6, 6.07) is 0. The number of ether oxygens (including phenoxy) is 1. The Hall–Kier alpha value is -2.18. The Morgan fingerprint density at radius 1 is 1.00 bits per heavy atom. The van der Waals surface area contributed by atoms with Gasteiger partial charge < -0.3 is 9.84 Å². The molecule has 0 spiro atoms. The minimum atomic E-state index is -2.26. The summed E-state index contributed by atoms with van der Waals surface area (Å²) in [6.45, 7) is 16.8. The number of fused-ring (bicyclic) bond motifs is 1. The number of Topliss-reactive ketones (excluding diaryl/α,β-unsaturated/α-hetero) is 3. The van der Waals surface area contributed by atoms with Crippen molar-refractivity contribution in [1.29, 1.82) is 0 Å². The highest BCUT2D eigenvalue weighted by Crippen LogP contribution is 2.77. The minimum Gasteiger partial charge on any atom is -0.363 e. The number of ketones is 3. The van der Waals surface area contributed by atoms with Gasteiger partial charge in [0.05, 0.1) is 5.41 Å². The van der Waals surface area contributed by atoms with E-state index in [0.29, 0.717) is 12.0 Å². The van der Waals surface area contributed by atoms with Crippen molar-refractivity contribution in [3.8, 4) is 0 Å². The first-order valence-corrected chi connectivity index (χ1v) is 13.4. The third-order valence-electron chi connectivity index (χ3n) is 9.15. The topological polar surface area (TPSA) is 97.7 Å². The number of aliphatic hydroxyl groups is 1. The highest BCUT2D eigenvalue weighted by atomic mass is 16.7. The SMILES string of the molecule is CC(C)=CC[C@]12O[C@@]3(O)[C@](CC=C(C)C)(C[C@@H](CC=C(C)C=O)C(C)(C)[C@]3(C(=O)CC(C)C)C1=O)C2=O. The monoisotopic (exact) mass is 512 g/mol. The van der Waals surface area contributed by atoms with Gasteiger partial charge in [-0.25, -0.2) is 0 Å². The van der Waals surface area contributed by atoms with Crippen LogP contribution in [0, 0.1) is 28.1 Å². The van der Waals surface area contributed by atoms with E-state index in [1.807, 2.05) is 61.5 Å². The molecule has 3 fully saturated rings. The molecule has 3 aliphatic rings. The molecule has 2 aliphatic heterocycles. The number of aldehydes is 1. The Morgan fingerprint density at radius 3 is 2.08 bits per heavy atom. The maximum absolute atomic E-state index is 14.7. The number of carbonyl (C=O) groups is 4. The second kappa shape index (κ2) is 9.53. The molecule has 204 valence electrons. The van der Waals surface area contributed by atoms with E-state index >= 15 is 0 Å². The molecule has 37 heavy (non-hydrogen) atoms. The Balaban J connectivity index is 2.41. The third-order valence-corrected chi connectivity index (χ3v) is 9.15. The van der Waals surface area contributed by atoms with Gasteiger partial charge in [-0.3, -0.25) is 19.2 Å². The predicted octanol–water partition coefficient (Wildman–Crippen LogP) is 5.48. The lowest BCUT2D eigenvalue weighted by Gasteiger charge is -2.63. The van der Waals surface area contributed by atoms with Crippen molar-refractivity contribution < 1.29 is 29.0 Å². The van der Waals surface area contributed by atoms with Crippen LogP contribution in [-0.2, 0) is 23.9 Å². The van der Waals surface area contributed by atoms with Gasteiger partial charge in [0.25, 0.3) is 0 Å². The lowest BCUT2D eigenvalue weighted by Crippen LogP contribution is -2.77. The van der Waals surface area contributed by atoms with Gasteiger partial charge in [0, 0.05) is 12.8 Å². The lowest BCUT2D eigenvalue weighted by atomic mass is 9.36. The Morgan fingerprint density at radius 2 is 1.57 bits per heavy atom. The molecule has 2 saturated heterocycles. The quantitative estimate of drug-likeness (QED) is 0.180. The number of hydrogen-bond acceptors (Lipinski definition) is 6. The zero-order chi connectivity index (χ0) is 28.2. The highest BCUT2D eigenvalue weighted by Gasteiger charge is 2.94. The van der Waals surface area contributed by atoms with E-state index in [4.69, 9.17) is 4.74 Å².